The summed E-state index contributed by atoms with van der Waals surface area (Å²) in [5.74, 6) is -0.973. The zero-order chi connectivity index (χ0) is 28.8. The average molecular weight is 563 g/mol. The lowest BCUT2D eigenvalue weighted by Gasteiger charge is -2.39. The van der Waals surface area contributed by atoms with Gasteiger partial charge in [-0.05, 0) is 73.3 Å². The Hall–Kier alpha value is -3.12. The van der Waals surface area contributed by atoms with Gasteiger partial charge in [-0.15, -0.1) is 0 Å². The van der Waals surface area contributed by atoms with Gasteiger partial charge in [0.05, 0.1) is 18.7 Å². The van der Waals surface area contributed by atoms with Crippen molar-refractivity contribution < 1.29 is 19.1 Å². The summed E-state index contributed by atoms with van der Waals surface area (Å²) in [4.78, 5) is 44.1. The van der Waals surface area contributed by atoms with Crippen LogP contribution in [-0.2, 0) is 20.9 Å². The maximum Gasteiger partial charge on any atom is 0.336 e. The van der Waals surface area contributed by atoms with Crippen molar-refractivity contribution in [3.63, 3.8) is 0 Å². The van der Waals surface area contributed by atoms with E-state index in [0.717, 1.165) is 36.9 Å². The monoisotopic (exact) mass is 562 g/mol. The molecular formula is C33H39ClN2O4. The Balaban J connectivity index is 1.42. The van der Waals surface area contributed by atoms with Gasteiger partial charge in [-0.1, -0.05) is 62.7 Å². The minimum absolute atomic E-state index is 0.0523. The topological polar surface area (TPSA) is 66.9 Å². The molecule has 7 heteroatoms. The highest BCUT2D eigenvalue weighted by molar-refractivity contribution is 6.31. The normalized spacial score (nSPS) is 25.8. The van der Waals surface area contributed by atoms with Crippen LogP contribution in [0, 0.1) is 10.8 Å². The van der Waals surface area contributed by atoms with E-state index < -0.39 is 11.9 Å². The summed E-state index contributed by atoms with van der Waals surface area (Å²) in [6.07, 6.45) is 3.31. The van der Waals surface area contributed by atoms with Gasteiger partial charge in [0, 0.05) is 41.2 Å². The highest BCUT2D eigenvalue weighted by Gasteiger charge is 2.51. The molecule has 2 heterocycles. The van der Waals surface area contributed by atoms with Crippen LogP contribution in [-0.4, -0.2) is 46.8 Å². The molecule has 2 amide bonds. The molecule has 2 aliphatic heterocycles. The van der Waals surface area contributed by atoms with E-state index in [4.69, 9.17) is 16.3 Å². The fourth-order valence-corrected chi connectivity index (χ4v) is 7.82. The SMILES string of the molecule is CCOC(=O)C1=C(C)N(Cc2cccc(C(=O)N3CC4(C)CC3CC(C)(C)C4)c2)C(=O)CC1c1ccccc1Cl. The molecule has 2 fully saturated rings. The first-order chi connectivity index (χ1) is 18.9. The van der Waals surface area contributed by atoms with Crippen LogP contribution in [0.4, 0.5) is 0 Å². The molecule has 1 saturated carbocycles. The zero-order valence-electron chi connectivity index (χ0n) is 24.1. The van der Waals surface area contributed by atoms with Gasteiger partial charge < -0.3 is 14.5 Å². The number of carbonyl (C=O) groups is 3. The molecule has 212 valence electrons. The van der Waals surface area contributed by atoms with Crippen molar-refractivity contribution in [2.75, 3.05) is 13.2 Å². The van der Waals surface area contributed by atoms with Crippen molar-refractivity contribution in [1.82, 2.24) is 9.80 Å². The van der Waals surface area contributed by atoms with Crippen LogP contribution in [0.1, 0.15) is 87.7 Å². The molecule has 3 unspecified atom stereocenters. The third kappa shape index (κ3) is 5.43. The minimum Gasteiger partial charge on any atom is -0.463 e. The minimum atomic E-state index is -0.482. The molecule has 3 aliphatic rings. The van der Waals surface area contributed by atoms with Gasteiger partial charge in [0.1, 0.15) is 0 Å². The molecule has 2 aromatic rings. The molecule has 0 radical (unpaired) electrons. The number of benzene rings is 2. The van der Waals surface area contributed by atoms with Crippen LogP contribution < -0.4 is 0 Å². The second-order valence-corrected chi connectivity index (χ2v) is 13.2. The van der Waals surface area contributed by atoms with Crippen molar-refractivity contribution in [1.29, 1.82) is 0 Å². The molecule has 0 aromatic heterocycles. The van der Waals surface area contributed by atoms with Gasteiger partial charge in [0.2, 0.25) is 5.91 Å². The lowest BCUT2D eigenvalue weighted by atomic mass is 9.65. The second kappa shape index (κ2) is 10.7. The first-order valence-corrected chi connectivity index (χ1v) is 14.6. The third-order valence-corrected chi connectivity index (χ3v) is 9.13. The summed E-state index contributed by atoms with van der Waals surface area (Å²) in [7, 11) is 0. The van der Waals surface area contributed by atoms with Crippen molar-refractivity contribution in [3.05, 3.63) is 81.5 Å². The zero-order valence-corrected chi connectivity index (χ0v) is 24.9. The number of likely N-dealkylation sites (tertiary alicyclic amines) is 1. The number of hydrogen-bond donors (Lipinski definition) is 0. The molecule has 5 rings (SSSR count). The van der Waals surface area contributed by atoms with E-state index in [-0.39, 0.29) is 48.3 Å². The van der Waals surface area contributed by atoms with Gasteiger partial charge in [0.15, 0.2) is 0 Å². The fourth-order valence-electron chi connectivity index (χ4n) is 7.55. The Morgan fingerprint density at radius 2 is 1.82 bits per heavy atom. The predicted octanol–water partition coefficient (Wildman–Crippen LogP) is 6.73. The Morgan fingerprint density at radius 3 is 2.55 bits per heavy atom. The average Bonchev–Trinajstić information content (AvgIpc) is 3.14. The van der Waals surface area contributed by atoms with Gasteiger partial charge in [-0.25, -0.2) is 4.79 Å². The molecule has 0 N–H and O–H groups in total. The number of fused-ring (bicyclic) bond motifs is 2. The van der Waals surface area contributed by atoms with E-state index in [0.29, 0.717) is 21.9 Å². The summed E-state index contributed by atoms with van der Waals surface area (Å²) in [6.45, 7) is 11.7. The van der Waals surface area contributed by atoms with E-state index in [2.05, 4.69) is 25.7 Å². The quantitative estimate of drug-likeness (QED) is 0.366. The van der Waals surface area contributed by atoms with Crippen LogP contribution in [0.25, 0.3) is 0 Å². The van der Waals surface area contributed by atoms with Crippen molar-refractivity contribution in [2.45, 2.75) is 78.8 Å². The summed E-state index contributed by atoms with van der Waals surface area (Å²) >= 11 is 6.49. The largest absolute Gasteiger partial charge is 0.463 e. The van der Waals surface area contributed by atoms with Gasteiger partial charge in [0.25, 0.3) is 5.91 Å². The number of hydrogen-bond acceptors (Lipinski definition) is 4. The number of ether oxygens (including phenoxy) is 1. The fraction of sp³-hybridized carbons (Fsp3) is 0.485. The van der Waals surface area contributed by atoms with Crippen molar-refractivity contribution in [3.8, 4) is 0 Å². The number of halogens is 1. The molecule has 40 heavy (non-hydrogen) atoms. The van der Waals surface area contributed by atoms with Crippen LogP contribution in [0.15, 0.2) is 59.8 Å². The Morgan fingerprint density at radius 1 is 1.07 bits per heavy atom. The van der Waals surface area contributed by atoms with E-state index in [1.54, 1.807) is 24.8 Å². The standard InChI is InChI=1S/C33H39ClN2O4/c1-6-40-31(39)29-21(2)35(28(37)15-26(29)25-12-7-8-13-27(25)34)18-22-10-9-11-23(14-22)30(38)36-20-33(5)17-24(36)16-32(3,4)19-33/h7-14,24,26H,6,15-20H2,1-5H3. The first-order valence-electron chi connectivity index (χ1n) is 14.2. The predicted molar refractivity (Wildman–Crippen MR) is 156 cm³/mol. The summed E-state index contributed by atoms with van der Waals surface area (Å²) in [6, 6.07) is 15.1. The van der Waals surface area contributed by atoms with Crippen molar-refractivity contribution in [2.24, 2.45) is 10.8 Å². The molecule has 0 spiro atoms. The lowest BCUT2D eigenvalue weighted by Crippen LogP contribution is -2.38. The summed E-state index contributed by atoms with van der Waals surface area (Å²) in [5.41, 5.74) is 3.60. The molecular weight excluding hydrogens is 524 g/mol. The maximum atomic E-state index is 13.7. The maximum absolute atomic E-state index is 13.7. The number of esters is 1. The van der Waals surface area contributed by atoms with Crippen LogP contribution in [0.3, 0.4) is 0 Å². The summed E-state index contributed by atoms with van der Waals surface area (Å²) < 4.78 is 5.41. The third-order valence-electron chi connectivity index (χ3n) is 8.79. The smallest absolute Gasteiger partial charge is 0.336 e. The van der Waals surface area contributed by atoms with Crippen LogP contribution in [0.5, 0.6) is 0 Å². The van der Waals surface area contributed by atoms with E-state index >= 15 is 0 Å². The van der Waals surface area contributed by atoms with Crippen molar-refractivity contribution >= 4 is 29.4 Å². The molecule has 6 nitrogen and oxygen atoms in total. The first kappa shape index (κ1) is 28.4. The number of nitrogens with zero attached hydrogens (tertiary/aromatic N) is 2. The second-order valence-electron chi connectivity index (χ2n) is 12.8. The van der Waals surface area contributed by atoms with E-state index in [9.17, 15) is 14.4 Å². The van der Waals surface area contributed by atoms with Crippen LogP contribution in [0.2, 0.25) is 5.02 Å². The van der Waals surface area contributed by atoms with Gasteiger partial charge >= 0.3 is 5.97 Å². The van der Waals surface area contributed by atoms with Crippen LogP contribution >= 0.6 is 11.6 Å². The molecule has 2 bridgehead atoms. The molecule has 3 atom stereocenters. The summed E-state index contributed by atoms with van der Waals surface area (Å²) in [5, 5.41) is 0.512. The molecule has 1 aliphatic carbocycles. The lowest BCUT2D eigenvalue weighted by molar-refractivity contribution is -0.140. The Bertz CT molecular complexity index is 1380. The number of rotatable bonds is 6. The Kier molecular flexibility index (Phi) is 7.60. The highest BCUT2D eigenvalue weighted by atomic mass is 35.5. The van der Waals surface area contributed by atoms with Gasteiger partial charge in [-0.3, -0.25) is 9.59 Å². The molecule has 1 saturated heterocycles. The number of carbonyl (C=O) groups excluding carboxylic acids is 3. The highest BCUT2D eigenvalue weighted by Crippen LogP contribution is 2.52. The Labute approximate surface area is 242 Å². The van der Waals surface area contributed by atoms with E-state index in [1.807, 2.05) is 42.5 Å². The van der Waals surface area contributed by atoms with E-state index in [1.165, 1.54) is 0 Å². The number of amides is 2. The number of allylic oxidation sites excluding steroid dienone is 1. The molecule has 2 aromatic carbocycles. The van der Waals surface area contributed by atoms with Gasteiger partial charge in [-0.2, -0.15) is 0 Å².